The van der Waals surface area contributed by atoms with E-state index >= 15 is 0 Å². The largest absolute Gasteiger partial charge is 0.347 e. The van der Waals surface area contributed by atoms with Gasteiger partial charge in [0.2, 0.25) is 0 Å². The van der Waals surface area contributed by atoms with Gasteiger partial charge in [-0.05, 0) is 39.0 Å². The summed E-state index contributed by atoms with van der Waals surface area (Å²) >= 11 is 0. The summed E-state index contributed by atoms with van der Waals surface area (Å²) in [6.45, 7) is 11.0. The predicted molar refractivity (Wildman–Crippen MR) is 65.1 cm³/mol. The van der Waals surface area contributed by atoms with Crippen LogP contribution in [0.15, 0.2) is 11.6 Å². The first-order valence-corrected chi connectivity index (χ1v) is 6.47. The molecule has 1 fully saturated rings. The summed E-state index contributed by atoms with van der Waals surface area (Å²) in [6, 6.07) is 0. The summed E-state index contributed by atoms with van der Waals surface area (Å²) < 4.78 is 11.9. The van der Waals surface area contributed by atoms with Gasteiger partial charge in [0.25, 0.3) is 0 Å². The molecule has 16 heavy (non-hydrogen) atoms. The number of rotatable bonds is 1. The molecule has 0 saturated carbocycles. The molecular weight excluding hydrogens is 200 g/mol. The zero-order chi connectivity index (χ0) is 11.9. The van der Waals surface area contributed by atoms with Crippen LogP contribution in [0.4, 0.5) is 0 Å². The van der Waals surface area contributed by atoms with E-state index in [0.717, 1.165) is 0 Å². The Bertz CT molecular complexity index is 274. The lowest BCUT2D eigenvalue weighted by molar-refractivity contribution is -0.125. The summed E-state index contributed by atoms with van der Waals surface area (Å²) in [5, 5.41) is 0. The number of hydrogen-bond donors (Lipinski definition) is 0. The van der Waals surface area contributed by atoms with Crippen LogP contribution in [0.25, 0.3) is 0 Å². The van der Waals surface area contributed by atoms with E-state index in [4.69, 9.17) is 9.47 Å². The van der Waals surface area contributed by atoms with Gasteiger partial charge in [-0.2, -0.15) is 0 Å². The van der Waals surface area contributed by atoms with Crippen LogP contribution in [0.3, 0.4) is 0 Å². The second-order valence-corrected chi connectivity index (χ2v) is 5.68. The topological polar surface area (TPSA) is 18.5 Å². The fourth-order valence-corrected chi connectivity index (χ4v) is 3.16. The smallest absolute Gasteiger partial charge is 0.162 e. The van der Waals surface area contributed by atoms with E-state index in [1.807, 2.05) is 0 Å². The van der Waals surface area contributed by atoms with Crippen molar-refractivity contribution >= 4 is 0 Å². The lowest BCUT2D eigenvalue weighted by Crippen LogP contribution is -2.35. The minimum atomic E-state index is -0.000602. The third kappa shape index (κ3) is 2.18. The quantitative estimate of drug-likeness (QED) is 0.636. The fourth-order valence-electron chi connectivity index (χ4n) is 3.16. The maximum Gasteiger partial charge on any atom is 0.162 e. The Morgan fingerprint density at radius 3 is 2.12 bits per heavy atom. The molecule has 0 radical (unpaired) electrons. The number of hydrogen-bond acceptors (Lipinski definition) is 2. The summed E-state index contributed by atoms with van der Waals surface area (Å²) in [5.74, 6) is 1.73. The van der Waals surface area contributed by atoms with Gasteiger partial charge in [-0.3, -0.25) is 0 Å². The van der Waals surface area contributed by atoms with E-state index in [-0.39, 0.29) is 18.5 Å². The van der Waals surface area contributed by atoms with E-state index in [9.17, 15) is 0 Å². The molecule has 0 aromatic carbocycles. The zero-order valence-electron chi connectivity index (χ0n) is 11.1. The summed E-state index contributed by atoms with van der Waals surface area (Å²) in [5.41, 5.74) is 1.51. The molecule has 1 heterocycles. The lowest BCUT2D eigenvalue weighted by atomic mass is 9.74. The van der Waals surface area contributed by atoms with Gasteiger partial charge in [0.1, 0.15) is 0 Å². The van der Waals surface area contributed by atoms with Crippen LogP contribution in [0.1, 0.15) is 41.0 Å². The van der Waals surface area contributed by atoms with Gasteiger partial charge in [0, 0.05) is 5.92 Å². The third-order valence-corrected chi connectivity index (χ3v) is 4.13. The van der Waals surface area contributed by atoms with Gasteiger partial charge in [0.05, 0.1) is 12.2 Å². The molecule has 0 spiro atoms. The Morgan fingerprint density at radius 1 is 1.06 bits per heavy atom. The van der Waals surface area contributed by atoms with Crippen LogP contribution in [0.2, 0.25) is 0 Å². The Morgan fingerprint density at radius 2 is 1.62 bits per heavy atom. The van der Waals surface area contributed by atoms with Crippen molar-refractivity contribution in [2.24, 2.45) is 17.8 Å². The van der Waals surface area contributed by atoms with Crippen molar-refractivity contribution in [1.29, 1.82) is 0 Å². The average molecular weight is 224 g/mol. The van der Waals surface area contributed by atoms with Crippen molar-refractivity contribution < 1.29 is 9.47 Å². The van der Waals surface area contributed by atoms with E-state index < -0.39 is 0 Å². The molecule has 6 atom stereocenters. The highest BCUT2D eigenvalue weighted by Gasteiger charge is 2.41. The molecule has 2 heteroatoms. The van der Waals surface area contributed by atoms with Gasteiger partial charge in [-0.1, -0.05) is 25.5 Å². The summed E-state index contributed by atoms with van der Waals surface area (Å²) in [6.07, 6.45) is 4.03. The molecule has 0 N–H and O–H groups in total. The second kappa shape index (κ2) is 4.50. The first kappa shape index (κ1) is 12.1. The average Bonchev–Trinajstić information content (AvgIpc) is 2.44. The maximum atomic E-state index is 5.94. The maximum absolute atomic E-state index is 5.94. The second-order valence-electron chi connectivity index (χ2n) is 5.68. The normalized spacial score (nSPS) is 49.2. The highest BCUT2D eigenvalue weighted by molar-refractivity contribution is 5.09. The molecule has 1 unspecified atom stereocenters. The first-order chi connectivity index (χ1) is 7.49. The molecule has 0 bridgehead atoms. The molecular formula is C14H24O2. The monoisotopic (exact) mass is 224 g/mol. The van der Waals surface area contributed by atoms with Crippen LogP contribution in [-0.2, 0) is 9.47 Å². The van der Waals surface area contributed by atoms with Gasteiger partial charge in [-0.15, -0.1) is 0 Å². The predicted octanol–water partition coefficient (Wildman–Crippen LogP) is 3.37. The van der Waals surface area contributed by atoms with E-state index in [2.05, 4.69) is 40.7 Å². The molecule has 2 rings (SSSR count). The Labute approximate surface area is 99.0 Å². The van der Waals surface area contributed by atoms with Crippen molar-refractivity contribution in [2.45, 2.75) is 59.5 Å². The van der Waals surface area contributed by atoms with Gasteiger partial charge >= 0.3 is 0 Å². The summed E-state index contributed by atoms with van der Waals surface area (Å²) in [4.78, 5) is 0. The van der Waals surface area contributed by atoms with Crippen molar-refractivity contribution in [3.05, 3.63) is 11.6 Å². The third-order valence-electron chi connectivity index (χ3n) is 4.13. The molecule has 0 amide bonds. The first-order valence-electron chi connectivity index (χ1n) is 6.47. The van der Waals surface area contributed by atoms with Crippen LogP contribution in [0.5, 0.6) is 0 Å². The van der Waals surface area contributed by atoms with Crippen molar-refractivity contribution in [2.75, 3.05) is 0 Å². The number of allylic oxidation sites excluding steroid dienone is 2. The van der Waals surface area contributed by atoms with E-state index in [1.54, 1.807) is 0 Å². The van der Waals surface area contributed by atoms with Crippen molar-refractivity contribution in [3.8, 4) is 0 Å². The molecule has 0 aromatic rings. The van der Waals surface area contributed by atoms with Crippen LogP contribution < -0.4 is 0 Å². The van der Waals surface area contributed by atoms with Crippen LogP contribution >= 0.6 is 0 Å². The minimum absolute atomic E-state index is 0.000602. The molecule has 1 aliphatic heterocycles. The molecule has 2 aliphatic rings. The Hall–Kier alpha value is -0.340. The highest BCUT2D eigenvalue weighted by atomic mass is 16.7. The highest BCUT2D eigenvalue weighted by Crippen LogP contribution is 2.39. The van der Waals surface area contributed by atoms with Crippen LogP contribution in [-0.4, -0.2) is 18.5 Å². The van der Waals surface area contributed by atoms with Crippen molar-refractivity contribution in [1.82, 2.24) is 0 Å². The molecule has 1 saturated heterocycles. The van der Waals surface area contributed by atoms with Gasteiger partial charge < -0.3 is 9.47 Å². The Kier molecular flexibility index (Phi) is 3.41. The zero-order valence-corrected chi connectivity index (χ0v) is 11.1. The minimum Gasteiger partial charge on any atom is -0.347 e. The molecule has 0 aromatic heterocycles. The Balaban J connectivity index is 2.09. The SMILES string of the molecule is CC1=C[C@H](C)[C@H](C2O[C@@H](C)[C@@H](C)O2)[C@H](C)C1. The van der Waals surface area contributed by atoms with Gasteiger partial charge in [0.15, 0.2) is 6.29 Å². The molecule has 2 nitrogen and oxygen atoms in total. The lowest BCUT2D eigenvalue weighted by Gasteiger charge is -2.36. The van der Waals surface area contributed by atoms with Crippen molar-refractivity contribution in [3.63, 3.8) is 0 Å². The van der Waals surface area contributed by atoms with E-state index in [0.29, 0.717) is 17.8 Å². The standard InChI is InChI=1S/C14H24O2/c1-8-6-9(2)13(10(3)7-8)14-15-11(4)12(5)16-14/h6,9-14H,7H2,1-5H3/t9-,10+,11-,12+,13-,14?/m0/s1. The fraction of sp³-hybridized carbons (Fsp3) is 0.857. The van der Waals surface area contributed by atoms with E-state index in [1.165, 1.54) is 12.0 Å². The summed E-state index contributed by atoms with van der Waals surface area (Å²) in [7, 11) is 0. The number of ether oxygens (including phenoxy) is 2. The molecule has 92 valence electrons. The van der Waals surface area contributed by atoms with Crippen LogP contribution in [0, 0.1) is 17.8 Å². The van der Waals surface area contributed by atoms with Gasteiger partial charge in [-0.25, -0.2) is 0 Å². The molecule has 1 aliphatic carbocycles.